The SMILES string of the molecule is CC(=O)Oc1ccc(C[C@H](NC=O)C(=O)NCC(=O)OCc2ccccc2)cc1OC(C)=O. The minimum Gasteiger partial charge on any atom is -0.460 e. The van der Waals surface area contributed by atoms with Gasteiger partial charge in [0.05, 0.1) is 0 Å². The van der Waals surface area contributed by atoms with Crippen LogP contribution in [0.5, 0.6) is 11.5 Å². The molecule has 10 nitrogen and oxygen atoms in total. The van der Waals surface area contributed by atoms with Crippen molar-refractivity contribution in [3.8, 4) is 11.5 Å². The van der Waals surface area contributed by atoms with Crippen LogP contribution in [0.4, 0.5) is 0 Å². The Hall–Kier alpha value is -4.21. The standard InChI is InChI=1S/C23H24N2O8/c1-15(27)32-20-9-8-18(11-21(20)33-16(2)28)10-19(25-14-26)23(30)24-12-22(29)31-13-17-6-4-3-5-7-17/h3-9,11,14,19H,10,12-13H2,1-2H3,(H,24,30)(H,25,26)/t19-/m0/s1. The Bertz CT molecular complexity index is 1010. The maximum atomic E-state index is 12.5. The smallest absolute Gasteiger partial charge is 0.325 e. The average Bonchev–Trinajstić information content (AvgIpc) is 2.77. The van der Waals surface area contributed by atoms with Crippen molar-refractivity contribution in [1.29, 1.82) is 0 Å². The number of hydrogen-bond acceptors (Lipinski definition) is 8. The van der Waals surface area contributed by atoms with Crippen LogP contribution in [0, 0.1) is 0 Å². The Kier molecular flexibility index (Phi) is 9.56. The zero-order valence-electron chi connectivity index (χ0n) is 18.2. The molecule has 10 heteroatoms. The van der Waals surface area contributed by atoms with Crippen LogP contribution in [-0.4, -0.2) is 42.8 Å². The molecule has 0 aliphatic rings. The number of nitrogens with one attached hydrogen (secondary N) is 2. The van der Waals surface area contributed by atoms with Gasteiger partial charge in [0.25, 0.3) is 0 Å². The lowest BCUT2D eigenvalue weighted by Gasteiger charge is -2.17. The normalized spacial score (nSPS) is 11.0. The summed E-state index contributed by atoms with van der Waals surface area (Å²) in [5.41, 5.74) is 1.31. The van der Waals surface area contributed by atoms with Gasteiger partial charge < -0.3 is 24.8 Å². The molecular weight excluding hydrogens is 432 g/mol. The molecule has 2 N–H and O–H groups in total. The van der Waals surface area contributed by atoms with Crippen LogP contribution in [0.1, 0.15) is 25.0 Å². The van der Waals surface area contributed by atoms with Crippen molar-refractivity contribution in [1.82, 2.24) is 10.6 Å². The molecule has 174 valence electrons. The average molecular weight is 456 g/mol. The Morgan fingerprint density at radius 1 is 0.909 bits per heavy atom. The third-order valence-corrected chi connectivity index (χ3v) is 4.19. The van der Waals surface area contributed by atoms with E-state index in [9.17, 15) is 24.0 Å². The monoisotopic (exact) mass is 456 g/mol. The number of ether oxygens (including phenoxy) is 3. The molecule has 0 aromatic heterocycles. The van der Waals surface area contributed by atoms with Crippen molar-refractivity contribution in [3.05, 3.63) is 59.7 Å². The Labute approximate surface area is 190 Å². The number of esters is 3. The van der Waals surface area contributed by atoms with E-state index < -0.39 is 29.9 Å². The fourth-order valence-corrected chi connectivity index (χ4v) is 2.77. The first-order chi connectivity index (χ1) is 15.8. The van der Waals surface area contributed by atoms with E-state index in [0.29, 0.717) is 12.0 Å². The molecule has 0 fully saturated rings. The van der Waals surface area contributed by atoms with Crippen LogP contribution in [-0.2, 0) is 41.7 Å². The molecule has 2 rings (SSSR count). The summed E-state index contributed by atoms with van der Waals surface area (Å²) in [7, 11) is 0. The summed E-state index contributed by atoms with van der Waals surface area (Å²) in [4.78, 5) is 58.0. The largest absolute Gasteiger partial charge is 0.460 e. The van der Waals surface area contributed by atoms with Crippen molar-refractivity contribution >= 4 is 30.2 Å². The van der Waals surface area contributed by atoms with Gasteiger partial charge in [0.1, 0.15) is 19.2 Å². The van der Waals surface area contributed by atoms with Gasteiger partial charge in [-0.2, -0.15) is 0 Å². The maximum Gasteiger partial charge on any atom is 0.325 e. The van der Waals surface area contributed by atoms with Crippen LogP contribution in [0.2, 0.25) is 0 Å². The van der Waals surface area contributed by atoms with Crippen molar-refractivity contribution in [2.45, 2.75) is 32.9 Å². The summed E-state index contributed by atoms with van der Waals surface area (Å²) < 4.78 is 15.2. The molecule has 33 heavy (non-hydrogen) atoms. The van der Waals surface area contributed by atoms with Gasteiger partial charge in [0.2, 0.25) is 12.3 Å². The highest BCUT2D eigenvalue weighted by Gasteiger charge is 2.21. The highest BCUT2D eigenvalue weighted by molar-refractivity contribution is 5.87. The van der Waals surface area contributed by atoms with E-state index in [-0.39, 0.29) is 31.1 Å². The van der Waals surface area contributed by atoms with E-state index in [4.69, 9.17) is 14.2 Å². The number of carbonyl (C=O) groups excluding carboxylic acids is 5. The van der Waals surface area contributed by atoms with Crippen molar-refractivity contribution in [3.63, 3.8) is 0 Å². The first-order valence-corrected chi connectivity index (χ1v) is 9.95. The number of rotatable bonds is 11. The van der Waals surface area contributed by atoms with Gasteiger partial charge in [-0.05, 0) is 23.3 Å². The van der Waals surface area contributed by atoms with E-state index in [1.807, 2.05) is 18.2 Å². The fraction of sp³-hybridized carbons (Fsp3) is 0.261. The minimum atomic E-state index is -1.02. The van der Waals surface area contributed by atoms with Crippen LogP contribution in [0.3, 0.4) is 0 Å². The Morgan fingerprint density at radius 2 is 1.58 bits per heavy atom. The second-order valence-electron chi connectivity index (χ2n) is 6.87. The van der Waals surface area contributed by atoms with Crippen molar-refractivity contribution in [2.75, 3.05) is 6.54 Å². The molecule has 0 heterocycles. The molecule has 0 saturated heterocycles. The predicted molar refractivity (Wildman–Crippen MR) is 115 cm³/mol. The molecule has 2 aromatic carbocycles. The molecule has 2 amide bonds. The van der Waals surface area contributed by atoms with Gasteiger partial charge >= 0.3 is 17.9 Å². The number of carbonyl (C=O) groups is 5. The minimum absolute atomic E-state index is 0.00930. The van der Waals surface area contributed by atoms with Gasteiger partial charge in [-0.3, -0.25) is 24.0 Å². The molecule has 0 aliphatic heterocycles. The first-order valence-electron chi connectivity index (χ1n) is 9.95. The Balaban J connectivity index is 1.99. The zero-order valence-corrected chi connectivity index (χ0v) is 18.2. The van der Waals surface area contributed by atoms with Gasteiger partial charge in [-0.15, -0.1) is 0 Å². The lowest BCUT2D eigenvalue weighted by atomic mass is 10.0. The van der Waals surface area contributed by atoms with Crippen molar-refractivity contribution < 1.29 is 38.2 Å². The molecular formula is C23H24N2O8. The maximum absolute atomic E-state index is 12.5. The lowest BCUT2D eigenvalue weighted by Crippen LogP contribution is -2.46. The van der Waals surface area contributed by atoms with Crippen LogP contribution < -0.4 is 20.1 Å². The topological polar surface area (TPSA) is 137 Å². The molecule has 0 saturated carbocycles. The molecule has 0 radical (unpaired) electrons. The summed E-state index contributed by atoms with van der Waals surface area (Å²) in [6.07, 6.45) is 0.371. The summed E-state index contributed by atoms with van der Waals surface area (Å²) in [5.74, 6) is -2.46. The van der Waals surface area contributed by atoms with E-state index in [2.05, 4.69) is 10.6 Å². The van der Waals surface area contributed by atoms with E-state index in [1.54, 1.807) is 18.2 Å². The second-order valence-corrected chi connectivity index (χ2v) is 6.87. The van der Waals surface area contributed by atoms with Crippen LogP contribution >= 0.6 is 0 Å². The van der Waals surface area contributed by atoms with Crippen LogP contribution in [0.25, 0.3) is 0 Å². The number of benzene rings is 2. The molecule has 0 spiro atoms. The quantitative estimate of drug-likeness (QED) is 0.291. The van der Waals surface area contributed by atoms with Crippen LogP contribution in [0.15, 0.2) is 48.5 Å². The second kappa shape index (κ2) is 12.6. The third-order valence-electron chi connectivity index (χ3n) is 4.19. The molecule has 1 atom stereocenters. The summed E-state index contributed by atoms with van der Waals surface area (Å²) in [6, 6.07) is 12.4. The number of amides is 2. The number of hydrogen-bond donors (Lipinski definition) is 2. The first kappa shape index (κ1) is 25.1. The van der Waals surface area contributed by atoms with Gasteiger partial charge in [-0.1, -0.05) is 36.4 Å². The molecule has 0 aliphatic carbocycles. The van der Waals surface area contributed by atoms with Gasteiger partial charge in [0.15, 0.2) is 11.5 Å². The molecule has 2 aromatic rings. The predicted octanol–water partition coefficient (Wildman–Crippen LogP) is 1.05. The third kappa shape index (κ3) is 8.82. The van der Waals surface area contributed by atoms with Gasteiger partial charge in [0, 0.05) is 20.3 Å². The van der Waals surface area contributed by atoms with E-state index in [1.165, 1.54) is 26.0 Å². The van der Waals surface area contributed by atoms with E-state index in [0.717, 1.165) is 5.56 Å². The fourth-order valence-electron chi connectivity index (χ4n) is 2.77. The summed E-state index contributed by atoms with van der Waals surface area (Å²) in [6.45, 7) is 2.07. The summed E-state index contributed by atoms with van der Waals surface area (Å²) in [5, 5.41) is 4.80. The summed E-state index contributed by atoms with van der Waals surface area (Å²) >= 11 is 0. The Morgan fingerprint density at radius 3 is 2.21 bits per heavy atom. The molecule has 0 bridgehead atoms. The highest BCUT2D eigenvalue weighted by Crippen LogP contribution is 2.29. The van der Waals surface area contributed by atoms with Gasteiger partial charge in [-0.25, -0.2) is 0 Å². The highest BCUT2D eigenvalue weighted by atomic mass is 16.6. The lowest BCUT2D eigenvalue weighted by molar-refractivity contribution is -0.145. The molecule has 0 unspecified atom stereocenters. The van der Waals surface area contributed by atoms with E-state index >= 15 is 0 Å². The zero-order chi connectivity index (χ0) is 24.2. The van der Waals surface area contributed by atoms with Crippen molar-refractivity contribution in [2.24, 2.45) is 0 Å².